The number of ether oxygens (including phenoxy) is 3. The van der Waals surface area contributed by atoms with E-state index in [1.807, 2.05) is 13.8 Å². The van der Waals surface area contributed by atoms with E-state index in [0.717, 1.165) is 12.8 Å². The Morgan fingerprint density at radius 3 is 1.82 bits per heavy atom. The summed E-state index contributed by atoms with van der Waals surface area (Å²) in [6.07, 6.45) is 19.5. The highest BCUT2D eigenvalue weighted by atomic mass is 16.7. The van der Waals surface area contributed by atoms with Gasteiger partial charge in [0.1, 0.15) is 6.10 Å². The molecule has 0 aromatic carbocycles. The van der Waals surface area contributed by atoms with E-state index >= 15 is 0 Å². The lowest BCUT2D eigenvalue weighted by atomic mass is 10.0. The summed E-state index contributed by atoms with van der Waals surface area (Å²) in [4.78, 5) is 0. The van der Waals surface area contributed by atoms with Crippen molar-refractivity contribution in [2.24, 2.45) is 0 Å². The lowest BCUT2D eigenvalue weighted by Crippen LogP contribution is -2.26. The summed E-state index contributed by atoms with van der Waals surface area (Å²) in [7, 11) is 0. The van der Waals surface area contributed by atoms with Gasteiger partial charge in [-0.3, -0.25) is 0 Å². The Kier molecular flexibility index (Phi) is 15.4. The monoisotopic (exact) mass is 400 g/mol. The van der Waals surface area contributed by atoms with Crippen molar-refractivity contribution < 1.29 is 19.3 Å². The average Bonchev–Trinajstić information content (AvgIpc) is 3.00. The Balaban J connectivity index is 1.76. The third-order valence-corrected chi connectivity index (χ3v) is 5.57. The number of hydrogen-bond acceptors (Lipinski definition) is 4. The quantitative estimate of drug-likeness (QED) is 0.255. The third kappa shape index (κ3) is 14.8. The minimum Gasteiger partial charge on any atom is -0.391 e. The van der Waals surface area contributed by atoms with Crippen molar-refractivity contribution >= 4 is 0 Å². The van der Waals surface area contributed by atoms with E-state index in [2.05, 4.69) is 6.92 Å². The van der Waals surface area contributed by atoms with E-state index in [1.54, 1.807) is 0 Å². The molecule has 0 amide bonds. The van der Waals surface area contributed by atoms with Gasteiger partial charge in [-0.25, -0.2) is 0 Å². The molecule has 0 aliphatic carbocycles. The molecule has 0 spiro atoms. The molecule has 1 aliphatic heterocycles. The highest BCUT2D eigenvalue weighted by Crippen LogP contribution is 2.22. The van der Waals surface area contributed by atoms with Crippen LogP contribution in [0.2, 0.25) is 0 Å². The van der Waals surface area contributed by atoms with Crippen molar-refractivity contribution in [2.45, 2.75) is 135 Å². The highest BCUT2D eigenvalue weighted by molar-refractivity contribution is 4.70. The van der Waals surface area contributed by atoms with Crippen LogP contribution in [0.1, 0.15) is 117 Å². The van der Waals surface area contributed by atoms with Crippen LogP contribution in [0, 0.1) is 0 Å². The molecule has 2 atom stereocenters. The molecule has 4 nitrogen and oxygen atoms in total. The zero-order valence-electron chi connectivity index (χ0n) is 19.1. The molecular weight excluding hydrogens is 352 g/mol. The standard InChI is InChI=1S/C24H48O4/c1-4-5-6-7-8-9-10-11-12-13-14-15-16-17-18-22(25)19-26-20-23-21-27-24(2,3)28-23/h22-23,25H,4-21H2,1-3H3. The van der Waals surface area contributed by atoms with Gasteiger partial charge >= 0.3 is 0 Å². The topological polar surface area (TPSA) is 47.9 Å². The summed E-state index contributed by atoms with van der Waals surface area (Å²) in [6, 6.07) is 0. The summed E-state index contributed by atoms with van der Waals surface area (Å²) in [5.41, 5.74) is 0. The number of unbranched alkanes of at least 4 members (excludes halogenated alkanes) is 13. The second-order valence-electron chi connectivity index (χ2n) is 9.03. The van der Waals surface area contributed by atoms with Crippen LogP contribution in [0.15, 0.2) is 0 Å². The molecule has 0 aromatic rings. The Morgan fingerprint density at radius 1 is 0.857 bits per heavy atom. The summed E-state index contributed by atoms with van der Waals surface area (Å²) in [6.45, 7) is 7.58. The lowest BCUT2D eigenvalue weighted by Gasteiger charge is -2.17. The molecule has 0 bridgehead atoms. The van der Waals surface area contributed by atoms with Crippen molar-refractivity contribution in [3.8, 4) is 0 Å². The first-order chi connectivity index (χ1) is 13.5. The van der Waals surface area contributed by atoms with Gasteiger partial charge in [0, 0.05) is 0 Å². The number of rotatable bonds is 19. The highest BCUT2D eigenvalue weighted by Gasteiger charge is 2.32. The molecule has 1 saturated heterocycles. The lowest BCUT2D eigenvalue weighted by molar-refractivity contribution is -0.146. The fourth-order valence-electron chi connectivity index (χ4n) is 3.84. The molecular formula is C24H48O4. The maximum absolute atomic E-state index is 10.0. The predicted octanol–water partition coefficient (Wildman–Crippen LogP) is 6.39. The Bertz CT molecular complexity index is 345. The fourth-order valence-corrected chi connectivity index (χ4v) is 3.84. The molecule has 1 rings (SSSR count). The maximum Gasteiger partial charge on any atom is 0.163 e. The molecule has 0 saturated carbocycles. The molecule has 4 heteroatoms. The van der Waals surface area contributed by atoms with Crippen LogP contribution in [0.25, 0.3) is 0 Å². The predicted molar refractivity (Wildman–Crippen MR) is 117 cm³/mol. The van der Waals surface area contributed by atoms with Gasteiger partial charge in [-0.1, -0.05) is 96.8 Å². The van der Waals surface area contributed by atoms with Crippen molar-refractivity contribution in [3.05, 3.63) is 0 Å². The molecule has 2 unspecified atom stereocenters. The van der Waals surface area contributed by atoms with E-state index in [1.165, 1.54) is 83.5 Å². The summed E-state index contributed by atoms with van der Waals surface area (Å²) in [5, 5.41) is 10.0. The van der Waals surface area contributed by atoms with Gasteiger partial charge in [-0.05, 0) is 20.3 Å². The Hall–Kier alpha value is -0.160. The van der Waals surface area contributed by atoms with Gasteiger partial charge in [0.2, 0.25) is 0 Å². The van der Waals surface area contributed by atoms with Crippen molar-refractivity contribution in [1.82, 2.24) is 0 Å². The van der Waals surface area contributed by atoms with E-state index in [0.29, 0.717) is 19.8 Å². The first-order valence-electron chi connectivity index (χ1n) is 12.1. The van der Waals surface area contributed by atoms with Gasteiger partial charge in [-0.15, -0.1) is 0 Å². The summed E-state index contributed by atoms with van der Waals surface area (Å²) in [5.74, 6) is -0.499. The molecule has 28 heavy (non-hydrogen) atoms. The van der Waals surface area contributed by atoms with Gasteiger partial charge in [0.25, 0.3) is 0 Å². The normalized spacial score (nSPS) is 19.9. The zero-order valence-corrected chi connectivity index (χ0v) is 19.1. The molecule has 1 heterocycles. The van der Waals surface area contributed by atoms with Crippen LogP contribution in [0.4, 0.5) is 0 Å². The van der Waals surface area contributed by atoms with Crippen molar-refractivity contribution in [2.75, 3.05) is 19.8 Å². The third-order valence-electron chi connectivity index (χ3n) is 5.57. The Morgan fingerprint density at radius 2 is 1.36 bits per heavy atom. The SMILES string of the molecule is CCCCCCCCCCCCCCCCC(O)COCC1COC(C)(C)O1. The molecule has 1 N–H and O–H groups in total. The maximum atomic E-state index is 10.0. The fraction of sp³-hybridized carbons (Fsp3) is 1.00. The van der Waals surface area contributed by atoms with Crippen LogP contribution in [0.3, 0.4) is 0 Å². The zero-order chi connectivity index (χ0) is 20.5. The number of aliphatic hydroxyl groups excluding tert-OH is 1. The number of aliphatic hydroxyl groups is 1. The Labute approximate surface area is 174 Å². The van der Waals surface area contributed by atoms with Crippen LogP contribution in [-0.2, 0) is 14.2 Å². The first-order valence-corrected chi connectivity index (χ1v) is 12.1. The van der Waals surface area contributed by atoms with Crippen LogP contribution in [-0.4, -0.2) is 42.9 Å². The summed E-state index contributed by atoms with van der Waals surface area (Å²) < 4.78 is 16.8. The largest absolute Gasteiger partial charge is 0.391 e. The van der Waals surface area contributed by atoms with Gasteiger partial charge in [0.15, 0.2) is 5.79 Å². The van der Waals surface area contributed by atoms with Crippen LogP contribution < -0.4 is 0 Å². The van der Waals surface area contributed by atoms with Crippen LogP contribution in [0.5, 0.6) is 0 Å². The minimum absolute atomic E-state index is 0.0109. The van der Waals surface area contributed by atoms with Crippen molar-refractivity contribution in [1.29, 1.82) is 0 Å². The van der Waals surface area contributed by atoms with Gasteiger partial charge in [-0.2, -0.15) is 0 Å². The average molecular weight is 401 g/mol. The summed E-state index contributed by atoms with van der Waals surface area (Å²) >= 11 is 0. The molecule has 0 radical (unpaired) electrons. The smallest absolute Gasteiger partial charge is 0.163 e. The molecule has 168 valence electrons. The second kappa shape index (κ2) is 16.6. The minimum atomic E-state index is -0.499. The van der Waals surface area contributed by atoms with Gasteiger partial charge in [0.05, 0.1) is 25.9 Å². The van der Waals surface area contributed by atoms with Crippen molar-refractivity contribution in [3.63, 3.8) is 0 Å². The van der Waals surface area contributed by atoms with E-state index in [4.69, 9.17) is 14.2 Å². The second-order valence-corrected chi connectivity index (χ2v) is 9.03. The van der Waals surface area contributed by atoms with E-state index < -0.39 is 5.79 Å². The molecule has 1 fully saturated rings. The number of hydrogen-bond donors (Lipinski definition) is 1. The van der Waals surface area contributed by atoms with Gasteiger partial charge < -0.3 is 19.3 Å². The molecule has 0 aromatic heterocycles. The first kappa shape index (κ1) is 25.9. The van der Waals surface area contributed by atoms with E-state index in [-0.39, 0.29) is 12.2 Å². The van der Waals surface area contributed by atoms with E-state index in [9.17, 15) is 5.11 Å². The molecule has 1 aliphatic rings. The van der Waals surface area contributed by atoms with Crippen LogP contribution >= 0.6 is 0 Å².